The van der Waals surface area contributed by atoms with Gasteiger partial charge in [-0.1, -0.05) is 43.6 Å². The summed E-state index contributed by atoms with van der Waals surface area (Å²) in [5, 5.41) is 4.78. The van der Waals surface area contributed by atoms with Crippen molar-refractivity contribution in [1.29, 1.82) is 0 Å². The standard InChI is InChI=1S/C18H21ClN6O2/c1-11(2)10-25-14-15(23(3)18(27)24(4)16(14)26)21-17(25)22-20-9-12-7-5-6-8-13(12)19/h5-9,11H,10H2,1-4H3,(H,21,22). The summed E-state index contributed by atoms with van der Waals surface area (Å²) in [4.78, 5) is 29.3. The quantitative estimate of drug-likeness (QED) is 0.536. The molecule has 0 saturated heterocycles. The molecule has 0 atom stereocenters. The fraction of sp³-hybridized carbons (Fsp3) is 0.333. The summed E-state index contributed by atoms with van der Waals surface area (Å²) in [5.41, 5.74) is 3.50. The number of aromatic nitrogens is 4. The van der Waals surface area contributed by atoms with Gasteiger partial charge < -0.3 is 4.57 Å². The number of nitrogens with one attached hydrogen (secondary N) is 1. The van der Waals surface area contributed by atoms with Gasteiger partial charge in [0.2, 0.25) is 5.95 Å². The minimum absolute atomic E-state index is 0.262. The first-order valence-electron chi connectivity index (χ1n) is 8.51. The second-order valence-corrected chi connectivity index (χ2v) is 7.12. The van der Waals surface area contributed by atoms with Gasteiger partial charge in [-0.25, -0.2) is 10.2 Å². The molecule has 3 aromatic rings. The van der Waals surface area contributed by atoms with Crippen LogP contribution in [0, 0.1) is 5.92 Å². The van der Waals surface area contributed by atoms with Gasteiger partial charge in [0.1, 0.15) is 0 Å². The third kappa shape index (κ3) is 3.52. The Morgan fingerprint density at radius 2 is 1.93 bits per heavy atom. The number of nitrogens with zero attached hydrogens (tertiary/aromatic N) is 5. The summed E-state index contributed by atoms with van der Waals surface area (Å²) < 4.78 is 4.19. The van der Waals surface area contributed by atoms with Crippen molar-refractivity contribution in [1.82, 2.24) is 18.7 Å². The van der Waals surface area contributed by atoms with Crippen LogP contribution in [0.15, 0.2) is 39.0 Å². The van der Waals surface area contributed by atoms with Crippen molar-refractivity contribution in [2.24, 2.45) is 25.1 Å². The van der Waals surface area contributed by atoms with Gasteiger partial charge in [-0.05, 0) is 12.0 Å². The first-order valence-corrected chi connectivity index (χ1v) is 8.89. The third-order valence-electron chi connectivity index (χ3n) is 4.17. The van der Waals surface area contributed by atoms with Crippen LogP contribution in [0.3, 0.4) is 0 Å². The van der Waals surface area contributed by atoms with E-state index in [1.807, 2.05) is 32.0 Å². The summed E-state index contributed by atoms with van der Waals surface area (Å²) in [6, 6.07) is 7.31. The van der Waals surface area contributed by atoms with E-state index in [4.69, 9.17) is 11.6 Å². The molecular formula is C18H21ClN6O2. The predicted molar refractivity (Wildman–Crippen MR) is 108 cm³/mol. The maximum atomic E-state index is 12.7. The number of hydrogen-bond acceptors (Lipinski definition) is 5. The van der Waals surface area contributed by atoms with Crippen molar-refractivity contribution < 1.29 is 0 Å². The molecule has 0 radical (unpaired) electrons. The highest BCUT2D eigenvalue weighted by molar-refractivity contribution is 6.33. The Hall–Kier alpha value is -2.87. The molecule has 1 aromatic carbocycles. The molecule has 8 nitrogen and oxygen atoms in total. The number of anilines is 1. The number of benzene rings is 1. The fourth-order valence-corrected chi connectivity index (χ4v) is 3.00. The van der Waals surface area contributed by atoms with Crippen LogP contribution in [0.25, 0.3) is 11.2 Å². The summed E-state index contributed by atoms with van der Waals surface area (Å²) in [5.74, 6) is 0.651. The van der Waals surface area contributed by atoms with Crippen molar-refractivity contribution >= 4 is 34.9 Å². The van der Waals surface area contributed by atoms with E-state index in [0.717, 1.165) is 10.1 Å². The molecule has 9 heteroatoms. The maximum Gasteiger partial charge on any atom is 0.332 e. The van der Waals surface area contributed by atoms with E-state index in [-0.39, 0.29) is 11.5 Å². The zero-order valence-corrected chi connectivity index (χ0v) is 16.4. The van der Waals surface area contributed by atoms with Crippen LogP contribution in [0.2, 0.25) is 5.02 Å². The molecule has 0 saturated carbocycles. The first kappa shape index (κ1) is 18.9. The Bertz CT molecular complexity index is 1140. The summed E-state index contributed by atoms with van der Waals surface area (Å²) >= 11 is 6.12. The third-order valence-corrected chi connectivity index (χ3v) is 4.51. The molecule has 142 valence electrons. The van der Waals surface area contributed by atoms with Crippen LogP contribution in [0.1, 0.15) is 19.4 Å². The minimum atomic E-state index is -0.423. The molecule has 1 N–H and O–H groups in total. The average molecular weight is 389 g/mol. The van der Waals surface area contributed by atoms with E-state index in [0.29, 0.717) is 28.7 Å². The Morgan fingerprint density at radius 3 is 2.59 bits per heavy atom. The van der Waals surface area contributed by atoms with Crippen molar-refractivity contribution in [2.45, 2.75) is 20.4 Å². The number of fused-ring (bicyclic) bond motifs is 1. The van der Waals surface area contributed by atoms with Gasteiger partial charge in [0.25, 0.3) is 5.56 Å². The van der Waals surface area contributed by atoms with Gasteiger partial charge in [-0.2, -0.15) is 10.1 Å². The lowest BCUT2D eigenvalue weighted by Gasteiger charge is -2.11. The molecule has 0 aliphatic rings. The number of hydrogen-bond donors (Lipinski definition) is 1. The second-order valence-electron chi connectivity index (χ2n) is 6.71. The monoisotopic (exact) mass is 388 g/mol. The summed E-state index contributed by atoms with van der Waals surface area (Å²) in [6.45, 7) is 4.62. The molecule has 27 heavy (non-hydrogen) atoms. The van der Waals surface area contributed by atoms with Gasteiger partial charge in [0, 0.05) is 31.2 Å². The molecule has 0 amide bonds. The van der Waals surface area contributed by atoms with E-state index in [2.05, 4.69) is 15.5 Å². The van der Waals surface area contributed by atoms with Crippen LogP contribution in [-0.4, -0.2) is 24.9 Å². The summed E-state index contributed by atoms with van der Waals surface area (Å²) in [7, 11) is 3.05. The van der Waals surface area contributed by atoms with E-state index < -0.39 is 5.69 Å². The molecule has 0 fully saturated rings. The highest BCUT2D eigenvalue weighted by Gasteiger charge is 2.19. The van der Waals surface area contributed by atoms with Gasteiger partial charge in [-0.3, -0.25) is 13.9 Å². The van der Waals surface area contributed by atoms with Crippen molar-refractivity contribution in [3.05, 3.63) is 55.7 Å². The van der Waals surface area contributed by atoms with Crippen LogP contribution in [0.5, 0.6) is 0 Å². The largest absolute Gasteiger partial charge is 0.332 e. The van der Waals surface area contributed by atoms with Crippen LogP contribution in [-0.2, 0) is 20.6 Å². The smallest absolute Gasteiger partial charge is 0.303 e. The van der Waals surface area contributed by atoms with Crippen LogP contribution in [0.4, 0.5) is 5.95 Å². The van der Waals surface area contributed by atoms with Crippen molar-refractivity contribution in [3.8, 4) is 0 Å². The topological polar surface area (TPSA) is 86.2 Å². The normalized spacial score (nSPS) is 11.8. The van der Waals surface area contributed by atoms with Gasteiger partial charge in [0.05, 0.1) is 6.21 Å². The molecule has 0 unspecified atom stereocenters. The lowest BCUT2D eigenvalue weighted by Crippen LogP contribution is -2.37. The number of rotatable bonds is 5. The lowest BCUT2D eigenvalue weighted by molar-refractivity contribution is 0.534. The van der Waals surface area contributed by atoms with Gasteiger partial charge in [-0.15, -0.1) is 0 Å². The van der Waals surface area contributed by atoms with Crippen molar-refractivity contribution in [2.75, 3.05) is 5.43 Å². The highest BCUT2D eigenvalue weighted by atomic mass is 35.5. The number of hydrazone groups is 1. The van der Waals surface area contributed by atoms with Gasteiger partial charge >= 0.3 is 5.69 Å². The van der Waals surface area contributed by atoms with Gasteiger partial charge in [0.15, 0.2) is 11.2 Å². The zero-order chi connectivity index (χ0) is 19.7. The minimum Gasteiger partial charge on any atom is -0.303 e. The molecule has 3 rings (SSSR count). The Kier molecular flexibility index (Phi) is 5.18. The Balaban J connectivity index is 2.11. The maximum absolute atomic E-state index is 12.7. The number of halogens is 1. The van der Waals surface area contributed by atoms with E-state index in [1.54, 1.807) is 23.9 Å². The van der Waals surface area contributed by atoms with E-state index in [9.17, 15) is 9.59 Å². The molecule has 0 bridgehead atoms. The zero-order valence-electron chi connectivity index (χ0n) is 15.6. The Morgan fingerprint density at radius 1 is 1.22 bits per heavy atom. The molecular weight excluding hydrogens is 368 g/mol. The second kappa shape index (κ2) is 7.40. The first-order chi connectivity index (χ1) is 12.8. The Labute approximate surface area is 160 Å². The van der Waals surface area contributed by atoms with Crippen LogP contribution < -0.4 is 16.7 Å². The average Bonchev–Trinajstić information content (AvgIpc) is 2.97. The number of aryl methyl sites for hydroxylation is 1. The molecule has 0 aliphatic carbocycles. The molecule has 0 aliphatic heterocycles. The van der Waals surface area contributed by atoms with Crippen molar-refractivity contribution in [3.63, 3.8) is 0 Å². The SMILES string of the molecule is CC(C)Cn1c(NN=Cc2ccccc2Cl)nc2c1c(=O)n(C)c(=O)n2C. The number of imidazole rings is 1. The lowest BCUT2D eigenvalue weighted by atomic mass is 10.2. The molecule has 2 aromatic heterocycles. The molecule has 0 spiro atoms. The van der Waals surface area contributed by atoms with E-state index in [1.165, 1.54) is 11.6 Å². The van der Waals surface area contributed by atoms with Crippen LogP contribution >= 0.6 is 11.6 Å². The fourth-order valence-electron chi connectivity index (χ4n) is 2.81. The molecule has 2 heterocycles. The predicted octanol–water partition coefficient (Wildman–Crippen LogP) is 2.19. The van der Waals surface area contributed by atoms with E-state index >= 15 is 0 Å². The summed E-state index contributed by atoms with van der Waals surface area (Å²) in [6.07, 6.45) is 1.58. The highest BCUT2D eigenvalue weighted by Crippen LogP contribution is 2.18.